The van der Waals surface area contributed by atoms with E-state index in [1.807, 2.05) is 10.9 Å². The van der Waals surface area contributed by atoms with E-state index in [9.17, 15) is 4.79 Å². The number of carbonyl (C=O) groups is 1. The van der Waals surface area contributed by atoms with Crippen LogP contribution in [0.1, 0.15) is 34.1 Å². The molecule has 1 amide bonds. The highest BCUT2D eigenvalue weighted by Gasteiger charge is 2.12. The first-order chi connectivity index (χ1) is 7.74. The van der Waals surface area contributed by atoms with Crippen LogP contribution in [0.2, 0.25) is 0 Å². The lowest BCUT2D eigenvalue weighted by Crippen LogP contribution is -2.27. The van der Waals surface area contributed by atoms with Crippen LogP contribution < -0.4 is 11.5 Å². The second-order valence-electron chi connectivity index (χ2n) is 4.57. The lowest BCUT2D eigenvalue weighted by Gasteiger charge is -2.16. The summed E-state index contributed by atoms with van der Waals surface area (Å²) in [6.45, 7) is 8.35. The SMILES string of the molecule is CC(C)(C)OC(N)=O.CCCn1cc(N)cn1. The fourth-order valence-electron chi connectivity index (χ4n) is 1.03. The Morgan fingerprint density at radius 2 is 2.12 bits per heavy atom. The van der Waals surface area contributed by atoms with Crippen LogP contribution in [0.3, 0.4) is 0 Å². The molecule has 0 unspecified atom stereocenters. The summed E-state index contributed by atoms with van der Waals surface area (Å²) in [5.74, 6) is 0. The fraction of sp³-hybridized carbons (Fsp3) is 0.636. The van der Waals surface area contributed by atoms with Crippen LogP contribution in [-0.4, -0.2) is 21.5 Å². The molecule has 0 bridgehead atoms. The van der Waals surface area contributed by atoms with Crippen molar-refractivity contribution >= 4 is 11.8 Å². The maximum absolute atomic E-state index is 10.0. The van der Waals surface area contributed by atoms with Gasteiger partial charge in [-0.2, -0.15) is 5.10 Å². The second kappa shape index (κ2) is 6.78. The van der Waals surface area contributed by atoms with E-state index >= 15 is 0 Å². The van der Waals surface area contributed by atoms with Crippen molar-refractivity contribution in [1.82, 2.24) is 9.78 Å². The first-order valence-electron chi connectivity index (χ1n) is 5.51. The number of nitrogen functional groups attached to an aromatic ring is 1. The molecule has 0 radical (unpaired) electrons. The average molecular weight is 242 g/mol. The molecule has 1 aromatic heterocycles. The standard InChI is InChI=1S/C6H11N3.C5H11NO2/c1-2-3-9-5-6(7)4-8-9;1-5(2,3)8-4(6)7/h4-5H,2-3,7H2,1H3;1-3H3,(H2,6,7). The molecule has 17 heavy (non-hydrogen) atoms. The molecule has 0 spiro atoms. The van der Waals surface area contributed by atoms with Gasteiger partial charge in [-0.25, -0.2) is 4.79 Å². The van der Waals surface area contributed by atoms with Gasteiger partial charge in [-0.15, -0.1) is 0 Å². The van der Waals surface area contributed by atoms with Crippen LogP contribution in [0.4, 0.5) is 10.5 Å². The predicted octanol–water partition coefficient (Wildman–Crippen LogP) is 1.76. The molecule has 0 aromatic carbocycles. The van der Waals surface area contributed by atoms with Gasteiger partial charge in [0.05, 0.1) is 11.9 Å². The van der Waals surface area contributed by atoms with Crippen LogP contribution >= 0.6 is 0 Å². The molecule has 1 aromatic rings. The zero-order valence-corrected chi connectivity index (χ0v) is 10.9. The van der Waals surface area contributed by atoms with Gasteiger partial charge < -0.3 is 16.2 Å². The predicted molar refractivity (Wildman–Crippen MR) is 67.4 cm³/mol. The molecule has 0 aliphatic carbocycles. The number of ether oxygens (including phenoxy) is 1. The Morgan fingerprint density at radius 3 is 2.35 bits per heavy atom. The Hall–Kier alpha value is -1.72. The van der Waals surface area contributed by atoms with Crippen LogP contribution in [0, 0.1) is 0 Å². The normalized spacial score (nSPS) is 10.4. The Bertz CT molecular complexity index is 341. The van der Waals surface area contributed by atoms with E-state index in [1.165, 1.54) is 0 Å². The number of hydrogen-bond acceptors (Lipinski definition) is 4. The monoisotopic (exact) mass is 242 g/mol. The summed E-state index contributed by atoms with van der Waals surface area (Å²) in [4.78, 5) is 10.0. The van der Waals surface area contributed by atoms with Gasteiger partial charge >= 0.3 is 6.09 Å². The molecule has 98 valence electrons. The van der Waals surface area contributed by atoms with Crippen molar-refractivity contribution in [3.63, 3.8) is 0 Å². The minimum absolute atomic E-state index is 0.453. The van der Waals surface area contributed by atoms with Crippen LogP contribution in [0.15, 0.2) is 12.4 Å². The molecule has 0 aliphatic rings. The largest absolute Gasteiger partial charge is 0.444 e. The highest BCUT2D eigenvalue weighted by molar-refractivity contribution is 5.65. The number of carbonyl (C=O) groups excluding carboxylic acids is 1. The van der Waals surface area contributed by atoms with Crippen molar-refractivity contribution in [3.05, 3.63) is 12.4 Å². The third-order valence-electron chi connectivity index (χ3n) is 1.51. The van der Waals surface area contributed by atoms with Crippen molar-refractivity contribution in [3.8, 4) is 0 Å². The topological polar surface area (TPSA) is 96.2 Å². The van der Waals surface area contributed by atoms with Gasteiger partial charge in [0.1, 0.15) is 5.60 Å². The number of hydrogen-bond donors (Lipinski definition) is 2. The van der Waals surface area contributed by atoms with Crippen molar-refractivity contribution in [2.75, 3.05) is 5.73 Å². The highest BCUT2D eigenvalue weighted by atomic mass is 16.6. The molecule has 4 N–H and O–H groups in total. The lowest BCUT2D eigenvalue weighted by molar-refractivity contribution is 0.0600. The molecule has 0 saturated carbocycles. The first kappa shape index (κ1) is 15.3. The van der Waals surface area contributed by atoms with Gasteiger partial charge in [0.25, 0.3) is 0 Å². The Labute approximate surface area is 102 Å². The number of nitrogens with two attached hydrogens (primary N) is 2. The number of rotatable bonds is 2. The summed E-state index contributed by atoms with van der Waals surface area (Å²) in [6, 6.07) is 0. The lowest BCUT2D eigenvalue weighted by atomic mass is 10.2. The molecule has 1 rings (SSSR count). The molecule has 6 nitrogen and oxygen atoms in total. The summed E-state index contributed by atoms with van der Waals surface area (Å²) in [5, 5.41) is 4.00. The minimum atomic E-state index is -0.725. The number of amides is 1. The van der Waals surface area contributed by atoms with Crippen molar-refractivity contribution in [2.24, 2.45) is 5.73 Å². The van der Waals surface area contributed by atoms with E-state index in [2.05, 4.69) is 16.8 Å². The number of nitrogens with zero attached hydrogens (tertiary/aromatic N) is 2. The third kappa shape index (κ3) is 9.22. The van der Waals surface area contributed by atoms with E-state index in [4.69, 9.17) is 11.5 Å². The fourth-order valence-corrected chi connectivity index (χ4v) is 1.03. The van der Waals surface area contributed by atoms with Crippen LogP contribution in [-0.2, 0) is 11.3 Å². The molecule has 0 fully saturated rings. The van der Waals surface area contributed by atoms with E-state index in [0.717, 1.165) is 18.7 Å². The van der Waals surface area contributed by atoms with E-state index in [1.54, 1.807) is 27.0 Å². The smallest absolute Gasteiger partial charge is 0.405 e. The van der Waals surface area contributed by atoms with Gasteiger partial charge in [-0.3, -0.25) is 4.68 Å². The zero-order chi connectivity index (χ0) is 13.5. The van der Waals surface area contributed by atoms with Crippen molar-refractivity contribution < 1.29 is 9.53 Å². The molecular weight excluding hydrogens is 220 g/mol. The Morgan fingerprint density at radius 1 is 1.53 bits per heavy atom. The van der Waals surface area contributed by atoms with Gasteiger partial charge in [-0.1, -0.05) is 6.92 Å². The van der Waals surface area contributed by atoms with E-state index < -0.39 is 11.7 Å². The average Bonchev–Trinajstić information content (AvgIpc) is 2.48. The highest BCUT2D eigenvalue weighted by Crippen LogP contribution is 2.04. The van der Waals surface area contributed by atoms with Gasteiger partial charge in [0, 0.05) is 12.7 Å². The van der Waals surface area contributed by atoms with Crippen LogP contribution in [0.25, 0.3) is 0 Å². The summed E-state index contributed by atoms with van der Waals surface area (Å²) in [5.41, 5.74) is 10.4. The van der Waals surface area contributed by atoms with Crippen molar-refractivity contribution in [1.29, 1.82) is 0 Å². The molecular formula is C11H22N4O2. The molecule has 1 heterocycles. The quantitative estimate of drug-likeness (QED) is 0.825. The molecule has 0 saturated heterocycles. The number of anilines is 1. The number of aromatic nitrogens is 2. The minimum Gasteiger partial charge on any atom is -0.444 e. The van der Waals surface area contributed by atoms with E-state index in [-0.39, 0.29) is 0 Å². The molecule has 0 atom stereocenters. The number of aryl methyl sites for hydroxylation is 1. The van der Waals surface area contributed by atoms with Crippen molar-refractivity contribution in [2.45, 2.75) is 46.3 Å². The van der Waals surface area contributed by atoms with Crippen LogP contribution in [0.5, 0.6) is 0 Å². The second-order valence-corrected chi connectivity index (χ2v) is 4.57. The van der Waals surface area contributed by atoms with E-state index in [0.29, 0.717) is 0 Å². The van der Waals surface area contributed by atoms with Gasteiger partial charge in [0.15, 0.2) is 0 Å². The Balaban J connectivity index is 0.000000304. The summed E-state index contributed by atoms with van der Waals surface area (Å²) >= 11 is 0. The first-order valence-corrected chi connectivity index (χ1v) is 5.51. The van der Waals surface area contributed by atoms with Gasteiger partial charge in [0.2, 0.25) is 0 Å². The Kier molecular flexibility index (Phi) is 6.09. The third-order valence-corrected chi connectivity index (χ3v) is 1.51. The summed E-state index contributed by atoms with van der Waals surface area (Å²) in [6.07, 6.45) is 3.87. The van der Waals surface area contributed by atoms with Gasteiger partial charge in [-0.05, 0) is 27.2 Å². The molecule has 0 aliphatic heterocycles. The number of primary amides is 1. The maximum atomic E-state index is 10.0. The molecule has 6 heteroatoms. The maximum Gasteiger partial charge on any atom is 0.405 e. The summed E-state index contributed by atoms with van der Waals surface area (Å²) < 4.78 is 6.42. The zero-order valence-electron chi connectivity index (χ0n) is 10.9. The summed E-state index contributed by atoms with van der Waals surface area (Å²) in [7, 11) is 0.